The molecule has 146 valence electrons. The average Bonchev–Trinajstić information content (AvgIpc) is 3.35. The Bertz CT molecular complexity index is 979. The predicted molar refractivity (Wildman–Crippen MR) is 111 cm³/mol. The summed E-state index contributed by atoms with van der Waals surface area (Å²) in [7, 11) is 3.35. The summed E-state index contributed by atoms with van der Waals surface area (Å²) < 4.78 is 15.0. The Morgan fingerprint density at radius 2 is 1.64 bits per heavy atom. The summed E-state index contributed by atoms with van der Waals surface area (Å²) in [6, 6.07) is 16.5. The number of ether oxygens (including phenoxy) is 2. The van der Waals surface area contributed by atoms with Crippen LogP contribution in [0.4, 0.5) is 0 Å². The van der Waals surface area contributed by atoms with Crippen LogP contribution in [0.15, 0.2) is 54.9 Å². The van der Waals surface area contributed by atoms with Gasteiger partial charge in [-0.2, -0.15) is 5.10 Å². The zero-order chi connectivity index (χ0) is 19.5. The Balaban J connectivity index is 1.53. The minimum absolute atomic E-state index is 0.374. The van der Waals surface area contributed by atoms with Crippen molar-refractivity contribution >= 4 is 12.2 Å². The van der Waals surface area contributed by atoms with Gasteiger partial charge < -0.3 is 9.47 Å². The summed E-state index contributed by atoms with van der Waals surface area (Å²) in [5.74, 6) is 1.70. The van der Waals surface area contributed by atoms with Crippen molar-refractivity contribution in [1.29, 1.82) is 0 Å². The highest BCUT2D eigenvalue weighted by Crippen LogP contribution is 2.33. The first-order valence-corrected chi connectivity index (χ1v) is 9.77. The molecule has 28 heavy (non-hydrogen) atoms. The molecule has 1 fully saturated rings. The Morgan fingerprint density at radius 3 is 2.29 bits per heavy atom. The van der Waals surface area contributed by atoms with E-state index in [0.717, 1.165) is 30.2 Å². The smallest absolute Gasteiger partial charge is 0.203 e. The summed E-state index contributed by atoms with van der Waals surface area (Å²) in [6.07, 6.45) is 4.09. The summed E-state index contributed by atoms with van der Waals surface area (Å²) >= 11 is 5.68. The fourth-order valence-corrected chi connectivity index (χ4v) is 3.98. The highest BCUT2D eigenvalue weighted by Gasteiger charge is 2.26. The first-order chi connectivity index (χ1) is 13.7. The second kappa shape index (κ2) is 8.16. The molecule has 1 aliphatic heterocycles. The van der Waals surface area contributed by atoms with E-state index in [2.05, 4.69) is 22.1 Å². The van der Waals surface area contributed by atoms with E-state index in [1.807, 2.05) is 45.6 Å². The van der Waals surface area contributed by atoms with Crippen LogP contribution in [0.3, 0.4) is 0 Å². The molecule has 4 rings (SSSR count). The number of benzene rings is 2. The van der Waals surface area contributed by atoms with Gasteiger partial charge in [-0.05, 0) is 67.0 Å². The minimum Gasteiger partial charge on any atom is -0.497 e. The SMILES string of the molecule is COc1ccc([C@H]2CCCN2Cn2ncn(-c3ccc(OC)cc3)c2=S)cc1. The third-order valence-electron chi connectivity index (χ3n) is 5.26. The summed E-state index contributed by atoms with van der Waals surface area (Å²) in [6.45, 7) is 1.71. The molecule has 1 aliphatic rings. The standard InChI is InChI=1S/C21H24N4O2S/c1-26-18-9-5-16(6-10-18)20-4-3-13-23(20)15-25-21(28)24(14-22-25)17-7-11-19(27-2)12-8-17/h5-12,14,20H,3-4,13,15H2,1-2H3/t20-/m1/s1. The summed E-state index contributed by atoms with van der Waals surface area (Å²) in [4.78, 5) is 2.43. The lowest BCUT2D eigenvalue weighted by atomic mass is 10.0. The van der Waals surface area contributed by atoms with Gasteiger partial charge in [0.2, 0.25) is 4.77 Å². The van der Waals surface area contributed by atoms with E-state index < -0.39 is 0 Å². The molecule has 0 bridgehead atoms. The minimum atomic E-state index is 0.374. The fourth-order valence-electron chi connectivity index (χ4n) is 3.73. The van der Waals surface area contributed by atoms with Gasteiger partial charge in [-0.3, -0.25) is 9.47 Å². The molecular weight excluding hydrogens is 372 g/mol. The van der Waals surface area contributed by atoms with Crippen LogP contribution >= 0.6 is 12.2 Å². The highest BCUT2D eigenvalue weighted by molar-refractivity contribution is 7.71. The molecule has 0 unspecified atom stereocenters. The van der Waals surface area contributed by atoms with Gasteiger partial charge in [-0.15, -0.1) is 0 Å². The Morgan fingerprint density at radius 1 is 1.00 bits per heavy atom. The largest absolute Gasteiger partial charge is 0.497 e. The van der Waals surface area contributed by atoms with Gasteiger partial charge >= 0.3 is 0 Å². The number of likely N-dealkylation sites (tertiary alicyclic amines) is 1. The zero-order valence-electron chi connectivity index (χ0n) is 16.1. The van der Waals surface area contributed by atoms with Crippen molar-refractivity contribution in [3.63, 3.8) is 0 Å². The Hall–Kier alpha value is -2.64. The number of rotatable bonds is 6. The van der Waals surface area contributed by atoms with E-state index >= 15 is 0 Å². The number of hydrogen-bond donors (Lipinski definition) is 0. The van der Waals surface area contributed by atoms with Crippen LogP contribution in [0.2, 0.25) is 0 Å². The lowest BCUT2D eigenvalue weighted by Gasteiger charge is -2.24. The molecule has 0 N–H and O–H groups in total. The lowest BCUT2D eigenvalue weighted by molar-refractivity contribution is 0.190. The monoisotopic (exact) mass is 396 g/mol. The molecule has 2 heterocycles. The van der Waals surface area contributed by atoms with Crippen molar-refractivity contribution in [3.8, 4) is 17.2 Å². The third-order valence-corrected chi connectivity index (χ3v) is 5.67. The van der Waals surface area contributed by atoms with E-state index in [-0.39, 0.29) is 0 Å². The molecule has 1 aromatic heterocycles. The molecule has 7 heteroatoms. The molecular formula is C21H24N4O2S. The van der Waals surface area contributed by atoms with Crippen LogP contribution < -0.4 is 9.47 Å². The molecule has 3 aromatic rings. The number of hydrogen-bond acceptors (Lipinski definition) is 5. The van der Waals surface area contributed by atoms with Crippen molar-refractivity contribution in [2.45, 2.75) is 25.6 Å². The van der Waals surface area contributed by atoms with Crippen molar-refractivity contribution in [1.82, 2.24) is 19.2 Å². The first kappa shape index (κ1) is 18.7. The average molecular weight is 397 g/mol. The van der Waals surface area contributed by atoms with Gasteiger partial charge in [0.05, 0.1) is 20.9 Å². The Labute approximate surface area is 169 Å². The molecule has 0 spiro atoms. The molecule has 0 aliphatic carbocycles. The maximum absolute atomic E-state index is 5.68. The third kappa shape index (κ3) is 3.68. The van der Waals surface area contributed by atoms with Gasteiger partial charge in [-0.25, -0.2) is 4.68 Å². The van der Waals surface area contributed by atoms with Gasteiger partial charge in [-0.1, -0.05) is 12.1 Å². The second-order valence-electron chi connectivity index (χ2n) is 6.87. The number of nitrogens with zero attached hydrogens (tertiary/aromatic N) is 4. The van der Waals surface area contributed by atoms with Crippen LogP contribution in [-0.4, -0.2) is 40.0 Å². The second-order valence-corrected chi connectivity index (χ2v) is 7.23. The van der Waals surface area contributed by atoms with Crippen LogP contribution in [0, 0.1) is 4.77 Å². The van der Waals surface area contributed by atoms with Crippen LogP contribution in [0.25, 0.3) is 5.69 Å². The molecule has 1 atom stereocenters. The van der Waals surface area contributed by atoms with Crippen molar-refractivity contribution in [2.24, 2.45) is 0 Å². The van der Waals surface area contributed by atoms with E-state index in [1.54, 1.807) is 20.5 Å². The van der Waals surface area contributed by atoms with E-state index in [9.17, 15) is 0 Å². The molecule has 0 radical (unpaired) electrons. The number of aromatic nitrogens is 3. The van der Waals surface area contributed by atoms with Crippen LogP contribution in [-0.2, 0) is 6.67 Å². The van der Waals surface area contributed by atoms with Crippen molar-refractivity contribution in [2.75, 3.05) is 20.8 Å². The summed E-state index contributed by atoms with van der Waals surface area (Å²) in [5, 5.41) is 4.54. The molecule has 6 nitrogen and oxygen atoms in total. The van der Waals surface area contributed by atoms with Crippen LogP contribution in [0.1, 0.15) is 24.4 Å². The lowest BCUT2D eigenvalue weighted by Crippen LogP contribution is -2.27. The molecule has 0 amide bonds. The topological polar surface area (TPSA) is 44.5 Å². The maximum Gasteiger partial charge on any atom is 0.203 e. The summed E-state index contributed by atoms with van der Waals surface area (Å²) in [5.41, 5.74) is 2.28. The van der Waals surface area contributed by atoms with Gasteiger partial charge in [0, 0.05) is 18.3 Å². The first-order valence-electron chi connectivity index (χ1n) is 9.36. The van der Waals surface area contributed by atoms with Gasteiger partial charge in [0.15, 0.2) is 0 Å². The van der Waals surface area contributed by atoms with Crippen molar-refractivity contribution < 1.29 is 9.47 Å². The zero-order valence-corrected chi connectivity index (χ0v) is 16.9. The van der Waals surface area contributed by atoms with E-state index in [4.69, 9.17) is 21.7 Å². The van der Waals surface area contributed by atoms with Crippen LogP contribution in [0.5, 0.6) is 11.5 Å². The fraction of sp³-hybridized carbons (Fsp3) is 0.333. The van der Waals surface area contributed by atoms with E-state index in [0.29, 0.717) is 17.5 Å². The number of methoxy groups -OCH3 is 2. The Kier molecular flexibility index (Phi) is 5.45. The normalized spacial score (nSPS) is 17.0. The molecule has 0 saturated carbocycles. The quantitative estimate of drug-likeness (QED) is 0.584. The molecule has 1 saturated heterocycles. The van der Waals surface area contributed by atoms with E-state index in [1.165, 1.54) is 12.0 Å². The predicted octanol–water partition coefficient (Wildman–Crippen LogP) is 4.22. The highest BCUT2D eigenvalue weighted by atomic mass is 32.1. The van der Waals surface area contributed by atoms with Gasteiger partial charge in [0.25, 0.3) is 0 Å². The molecule has 2 aromatic carbocycles. The van der Waals surface area contributed by atoms with Crippen molar-refractivity contribution in [3.05, 3.63) is 65.2 Å². The maximum atomic E-state index is 5.68. The van der Waals surface area contributed by atoms with Gasteiger partial charge in [0.1, 0.15) is 17.8 Å².